The van der Waals surface area contributed by atoms with E-state index in [1.807, 2.05) is 23.7 Å². The predicted molar refractivity (Wildman–Crippen MR) is 90.1 cm³/mol. The summed E-state index contributed by atoms with van der Waals surface area (Å²) >= 11 is 1.72. The van der Waals surface area contributed by atoms with Crippen molar-refractivity contribution in [2.24, 2.45) is 0 Å². The molecule has 0 aliphatic carbocycles. The molecule has 0 atom stereocenters. The van der Waals surface area contributed by atoms with Gasteiger partial charge in [0.2, 0.25) is 5.82 Å². The number of pyridine rings is 1. The monoisotopic (exact) mass is 342 g/mol. The van der Waals surface area contributed by atoms with Crippen LogP contribution in [-0.2, 0) is 13.1 Å². The maximum Gasteiger partial charge on any atom is 0.204 e. The lowest BCUT2D eigenvalue weighted by Gasteiger charge is -2.34. The minimum Gasteiger partial charge on any atom is -0.295 e. The van der Waals surface area contributed by atoms with Gasteiger partial charge in [-0.2, -0.15) is 5.21 Å². The van der Waals surface area contributed by atoms with Gasteiger partial charge in [-0.15, -0.1) is 21.5 Å². The zero-order chi connectivity index (χ0) is 16.2. The van der Waals surface area contributed by atoms with Gasteiger partial charge in [-0.3, -0.25) is 14.8 Å². The first-order valence-corrected chi connectivity index (χ1v) is 8.76. The van der Waals surface area contributed by atoms with Crippen molar-refractivity contribution >= 4 is 11.3 Å². The van der Waals surface area contributed by atoms with Gasteiger partial charge in [-0.25, -0.2) is 4.98 Å². The molecule has 0 radical (unpaired) electrons. The van der Waals surface area contributed by atoms with Gasteiger partial charge in [0.05, 0.1) is 12.2 Å². The molecule has 0 amide bonds. The third-order valence-corrected chi connectivity index (χ3v) is 4.88. The molecule has 4 heterocycles. The molecule has 124 valence electrons. The van der Waals surface area contributed by atoms with E-state index < -0.39 is 0 Å². The standard InChI is InChI=1S/C15H18N8S/c1-2-16-13(9-12(1)15-18-20-21-19-15)10-22-4-6-23(7-5-22)11-14-17-3-8-24-14/h1-3,8-9H,4-7,10-11H2,(H,18,19,20,21). The molecule has 8 nitrogen and oxygen atoms in total. The molecule has 1 saturated heterocycles. The minimum absolute atomic E-state index is 0.604. The van der Waals surface area contributed by atoms with Crippen LogP contribution in [0.5, 0.6) is 0 Å². The van der Waals surface area contributed by atoms with E-state index in [2.05, 4.69) is 40.4 Å². The number of nitrogens with one attached hydrogen (secondary N) is 1. The lowest BCUT2D eigenvalue weighted by atomic mass is 10.2. The number of aromatic nitrogens is 6. The Morgan fingerprint density at radius 2 is 1.88 bits per heavy atom. The van der Waals surface area contributed by atoms with Gasteiger partial charge in [0, 0.05) is 56.1 Å². The van der Waals surface area contributed by atoms with Crippen molar-refractivity contribution in [1.82, 2.24) is 40.4 Å². The fraction of sp³-hybridized carbons (Fsp3) is 0.400. The third kappa shape index (κ3) is 3.64. The molecule has 9 heteroatoms. The van der Waals surface area contributed by atoms with E-state index in [-0.39, 0.29) is 0 Å². The van der Waals surface area contributed by atoms with Crippen molar-refractivity contribution < 1.29 is 0 Å². The van der Waals surface area contributed by atoms with E-state index in [1.54, 1.807) is 17.5 Å². The SMILES string of the molecule is c1cc(-c2nn[nH]n2)cc(CN2CCN(Cc3nccs3)CC2)n1. The van der Waals surface area contributed by atoms with E-state index in [0.29, 0.717) is 5.82 Å². The average Bonchev–Trinajstić information content (AvgIpc) is 3.30. The molecule has 1 N–H and O–H groups in total. The Morgan fingerprint density at radius 1 is 1.04 bits per heavy atom. The second-order valence-corrected chi connectivity index (χ2v) is 6.73. The number of hydrogen-bond acceptors (Lipinski definition) is 8. The molecule has 1 aliphatic rings. The molecule has 0 bridgehead atoms. The smallest absolute Gasteiger partial charge is 0.204 e. The molecule has 1 aliphatic heterocycles. The molecule has 3 aromatic rings. The number of rotatable bonds is 5. The summed E-state index contributed by atoms with van der Waals surface area (Å²) in [6.07, 6.45) is 3.68. The van der Waals surface area contributed by atoms with Crippen molar-refractivity contribution in [1.29, 1.82) is 0 Å². The molecule has 24 heavy (non-hydrogen) atoms. The van der Waals surface area contributed by atoms with Crippen molar-refractivity contribution in [3.05, 3.63) is 40.6 Å². The van der Waals surface area contributed by atoms with Crippen molar-refractivity contribution in [2.45, 2.75) is 13.1 Å². The van der Waals surface area contributed by atoms with Gasteiger partial charge in [-0.1, -0.05) is 0 Å². The Hall–Kier alpha value is -2.23. The summed E-state index contributed by atoms with van der Waals surface area (Å²) in [5, 5.41) is 17.4. The van der Waals surface area contributed by atoms with Gasteiger partial charge in [0.1, 0.15) is 5.01 Å². The molecule has 3 aromatic heterocycles. The molecular formula is C15H18N8S. The second kappa shape index (κ2) is 7.12. The van der Waals surface area contributed by atoms with Crippen LogP contribution in [0.15, 0.2) is 29.9 Å². The zero-order valence-electron chi connectivity index (χ0n) is 13.2. The predicted octanol–water partition coefficient (Wildman–Crippen LogP) is 1.04. The van der Waals surface area contributed by atoms with Crippen molar-refractivity contribution in [2.75, 3.05) is 26.2 Å². The van der Waals surface area contributed by atoms with Crippen LogP contribution in [0.25, 0.3) is 11.4 Å². The molecule has 4 rings (SSSR count). The van der Waals surface area contributed by atoms with Crippen molar-refractivity contribution in [3.8, 4) is 11.4 Å². The summed E-state index contributed by atoms with van der Waals surface area (Å²) in [7, 11) is 0. The molecule has 0 aromatic carbocycles. The topological polar surface area (TPSA) is 86.7 Å². The Balaban J connectivity index is 1.33. The summed E-state index contributed by atoms with van der Waals surface area (Å²) in [6, 6.07) is 3.94. The number of hydrogen-bond donors (Lipinski definition) is 1. The Bertz CT molecular complexity index is 750. The highest BCUT2D eigenvalue weighted by atomic mass is 32.1. The summed E-state index contributed by atoms with van der Waals surface area (Å²) < 4.78 is 0. The summed E-state index contributed by atoms with van der Waals surface area (Å²) in [5.41, 5.74) is 1.97. The largest absolute Gasteiger partial charge is 0.295 e. The van der Waals surface area contributed by atoms with E-state index in [4.69, 9.17) is 0 Å². The number of H-pyrrole nitrogens is 1. The Kier molecular flexibility index (Phi) is 4.54. The summed E-state index contributed by atoms with van der Waals surface area (Å²) in [4.78, 5) is 13.7. The fourth-order valence-electron chi connectivity index (χ4n) is 2.84. The van der Waals surface area contributed by atoms with Gasteiger partial charge in [0.15, 0.2) is 0 Å². The van der Waals surface area contributed by atoms with Crippen LogP contribution >= 0.6 is 11.3 Å². The zero-order valence-corrected chi connectivity index (χ0v) is 14.0. The van der Waals surface area contributed by atoms with Gasteiger partial charge >= 0.3 is 0 Å². The molecule has 0 unspecified atom stereocenters. The molecular weight excluding hydrogens is 324 g/mol. The number of piperazine rings is 1. The van der Waals surface area contributed by atoms with Crippen LogP contribution in [0.2, 0.25) is 0 Å². The highest BCUT2D eigenvalue weighted by Gasteiger charge is 2.18. The lowest BCUT2D eigenvalue weighted by molar-refractivity contribution is 0.121. The first-order chi connectivity index (χ1) is 11.9. The van der Waals surface area contributed by atoms with Gasteiger partial charge in [0.25, 0.3) is 0 Å². The van der Waals surface area contributed by atoms with Crippen LogP contribution in [0, 0.1) is 0 Å². The molecule has 0 saturated carbocycles. The normalized spacial score (nSPS) is 16.5. The minimum atomic E-state index is 0.604. The van der Waals surface area contributed by atoms with E-state index >= 15 is 0 Å². The second-order valence-electron chi connectivity index (χ2n) is 5.75. The average molecular weight is 342 g/mol. The molecule has 1 fully saturated rings. The van der Waals surface area contributed by atoms with Crippen molar-refractivity contribution in [3.63, 3.8) is 0 Å². The van der Waals surface area contributed by atoms with E-state index in [0.717, 1.165) is 50.5 Å². The lowest BCUT2D eigenvalue weighted by Crippen LogP contribution is -2.45. The quantitative estimate of drug-likeness (QED) is 0.741. The van der Waals surface area contributed by atoms with Crippen LogP contribution in [0.1, 0.15) is 10.7 Å². The summed E-state index contributed by atoms with van der Waals surface area (Å²) in [6.45, 7) is 6.00. The highest BCUT2D eigenvalue weighted by Crippen LogP contribution is 2.16. The fourth-order valence-corrected chi connectivity index (χ4v) is 3.50. The third-order valence-electron chi connectivity index (χ3n) is 4.11. The Morgan fingerprint density at radius 3 is 2.58 bits per heavy atom. The number of nitrogens with zero attached hydrogens (tertiary/aromatic N) is 7. The molecule has 0 spiro atoms. The van der Waals surface area contributed by atoms with Crippen LogP contribution in [0.4, 0.5) is 0 Å². The Labute approximate surface area is 143 Å². The van der Waals surface area contributed by atoms with Gasteiger partial charge < -0.3 is 0 Å². The first kappa shape index (κ1) is 15.3. The summed E-state index contributed by atoms with van der Waals surface area (Å²) in [5.74, 6) is 0.604. The first-order valence-electron chi connectivity index (χ1n) is 7.89. The van der Waals surface area contributed by atoms with E-state index in [1.165, 1.54) is 5.01 Å². The van der Waals surface area contributed by atoms with Crippen LogP contribution in [0.3, 0.4) is 0 Å². The number of aromatic amines is 1. The van der Waals surface area contributed by atoms with Crippen LogP contribution < -0.4 is 0 Å². The highest BCUT2D eigenvalue weighted by molar-refractivity contribution is 7.09. The number of tetrazole rings is 1. The van der Waals surface area contributed by atoms with Gasteiger partial charge in [-0.05, 0) is 17.3 Å². The van der Waals surface area contributed by atoms with Crippen LogP contribution in [-0.4, -0.2) is 66.6 Å². The maximum absolute atomic E-state index is 4.47. The number of thiazole rings is 1. The maximum atomic E-state index is 4.47. The van der Waals surface area contributed by atoms with E-state index in [9.17, 15) is 0 Å².